The van der Waals surface area contributed by atoms with Gasteiger partial charge >= 0.3 is 6.09 Å². The van der Waals surface area contributed by atoms with E-state index >= 15 is 0 Å². The predicted molar refractivity (Wildman–Crippen MR) is 104 cm³/mol. The van der Waals surface area contributed by atoms with Gasteiger partial charge in [-0.25, -0.2) is 4.79 Å². The molecule has 1 N–H and O–H groups in total. The van der Waals surface area contributed by atoms with Crippen molar-refractivity contribution in [3.63, 3.8) is 0 Å². The Morgan fingerprint density at radius 2 is 1.70 bits per heavy atom. The summed E-state index contributed by atoms with van der Waals surface area (Å²) in [5, 5.41) is 2.91. The van der Waals surface area contributed by atoms with E-state index in [1.807, 2.05) is 27.7 Å². The van der Waals surface area contributed by atoms with Crippen molar-refractivity contribution in [2.45, 2.75) is 76.3 Å². The Morgan fingerprint density at radius 3 is 2.26 bits per heavy atom. The number of carbonyl (C=O) groups is 1. The van der Waals surface area contributed by atoms with Crippen LogP contribution in [-0.2, 0) is 19.0 Å². The minimum absolute atomic E-state index is 0.119. The van der Waals surface area contributed by atoms with Gasteiger partial charge in [0, 0.05) is 6.04 Å². The molecule has 1 aliphatic rings. The summed E-state index contributed by atoms with van der Waals surface area (Å²) in [5.41, 5.74) is 0.507. The van der Waals surface area contributed by atoms with Crippen LogP contribution in [0.5, 0.6) is 0 Å². The molecule has 1 aromatic carbocycles. The SMILES string of the molecule is Cc1ccc(S(=O)(=O)OCCC2CCC(NC(=O)OC(C)(C)C)CC2)cc1. The molecule has 2 rings (SSSR count). The van der Waals surface area contributed by atoms with E-state index in [9.17, 15) is 13.2 Å². The van der Waals surface area contributed by atoms with E-state index in [-0.39, 0.29) is 23.6 Å². The Morgan fingerprint density at radius 1 is 1.11 bits per heavy atom. The zero-order valence-electron chi connectivity index (χ0n) is 16.7. The average molecular weight is 398 g/mol. The van der Waals surface area contributed by atoms with Gasteiger partial charge in [0.15, 0.2) is 0 Å². The number of benzene rings is 1. The van der Waals surface area contributed by atoms with Gasteiger partial charge < -0.3 is 10.1 Å². The van der Waals surface area contributed by atoms with Crippen molar-refractivity contribution < 1.29 is 22.1 Å². The first kappa shape index (κ1) is 21.7. The molecule has 0 saturated heterocycles. The third kappa shape index (κ3) is 7.50. The quantitative estimate of drug-likeness (QED) is 0.729. The summed E-state index contributed by atoms with van der Waals surface area (Å²) in [4.78, 5) is 12.0. The molecular weight excluding hydrogens is 366 g/mol. The lowest BCUT2D eigenvalue weighted by molar-refractivity contribution is 0.0485. The van der Waals surface area contributed by atoms with Crippen LogP contribution in [0.4, 0.5) is 4.79 Å². The number of amides is 1. The zero-order chi connectivity index (χ0) is 20.1. The second kappa shape index (κ2) is 9.06. The summed E-state index contributed by atoms with van der Waals surface area (Å²) in [6.45, 7) is 7.62. The number of rotatable bonds is 6. The van der Waals surface area contributed by atoms with E-state index in [1.165, 1.54) is 0 Å². The van der Waals surface area contributed by atoms with Crippen molar-refractivity contribution in [1.82, 2.24) is 5.32 Å². The topological polar surface area (TPSA) is 81.7 Å². The highest BCUT2D eigenvalue weighted by atomic mass is 32.2. The van der Waals surface area contributed by atoms with Crippen LogP contribution in [0.25, 0.3) is 0 Å². The number of aryl methyl sites for hydroxylation is 1. The molecule has 0 unspecified atom stereocenters. The normalized spacial score (nSPS) is 20.9. The smallest absolute Gasteiger partial charge is 0.407 e. The van der Waals surface area contributed by atoms with Crippen molar-refractivity contribution in [2.75, 3.05) is 6.61 Å². The number of hydrogen-bond donors (Lipinski definition) is 1. The van der Waals surface area contributed by atoms with Crippen LogP contribution in [0.2, 0.25) is 0 Å². The van der Waals surface area contributed by atoms with Gasteiger partial charge in [-0.2, -0.15) is 8.42 Å². The third-order valence-electron chi connectivity index (χ3n) is 4.64. The first-order valence-corrected chi connectivity index (χ1v) is 10.9. The molecule has 1 aromatic rings. The summed E-state index contributed by atoms with van der Waals surface area (Å²) >= 11 is 0. The number of hydrogen-bond acceptors (Lipinski definition) is 5. The molecule has 1 aliphatic carbocycles. The molecular formula is C20H31NO5S. The fourth-order valence-corrected chi connectivity index (χ4v) is 4.09. The first-order chi connectivity index (χ1) is 12.5. The van der Waals surface area contributed by atoms with E-state index in [4.69, 9.17) is 8.92 Å². The lowest BCUT2D eigenvalue weighted by Crippen LogP contribution is -2.41. The molecule has 1 amide bonds. The number of alkyl carbamates (subject to hydrolysis) is 1. The van der Waals surface area contributed by atoms with Crippen molar-refractivity contribution in [3.05, 3.63) is 29.8 Å². The number of ether oxygens (including phenoxy) is 1. The molecule has 6 nitrogen and oxygen atoms in total. The van der Waals surface area contributed by atoms with Crippen LogP contribution >= 0.6 is 0 Å². The fraction of sp³-hybridized carbons (Fsp3) is 0.650. The Bertz CT molecular complexity index is 714. The molecule has 0 radical (unpaired) electrons. The number of nitrogens with one attached hydrogen (secondary N) is 1. The van der Waals surface area contributed by atoms with E-state index in [2.05, 4.69) is 5.32 Å². The highest BCUT2D eigenvalue weighted by Crippen LogP contribution is 2.27. The van der Waals surface area contributed by atoms with Crippen molar-refractivity contribution in [1.29, 1.82) is 0 Å². The van der Waals surface area contributed by atoms with Crippen molar-refractivity contribution in [3.8, 4) is 0 Å². The molecule has 0 atom stereocenters. The molecule has 152 valence electrons. The molecule has 7 heteroatoms. The first-order valence-electron chi connectivity index (χ1n) is 9.51. The van der Waals surface area contributed by atoms with Gasteiger partial charge in [-0.3, -0.25) is 4.18 Å². The maximum Gasteiger partial charge on any atom is 0.407 e. The van der Waals surface area contributed by atoms with Gasteiger partial charge in [0.1, 0.15) is 5.60 Å². The van der Waals surface area contributed by atoms with Crippen LogP contribution in [0.15, 0.2) is 29.2 Å². The van der Waals surface area contributed by atoms with Crippen LogP contribution < -0.4 is 5.32 Å². The highest BCUT2D eigenvalue weighted by molar-refractivity contribution is 7.86. The fourth-order valence-electron chi connectivity index (χ4n) is 3.17. The minimum atomic E-state index is -3.70. The molecule has 27 heavy (non-hydrogen) atoms. The molecule has 1 fully saturated rings. The van der Waals surface area contributed by atoms with Gasteiger partial charge in [0.2, 0.25) is 0 Å². The van der Waals surface area contributed by atoms with Gasteiger partial charge in [0.05, 0.1) is 11.5 Å². The Kier molecular flexibility index (Phi) is 7.28. The Labute approximate surface area is 162 Å². The van der Waals surface area contributed by atoms with E-state index in [0.29, 0.717) is 12.3 Å². The molecule has 1 saturated carbocycles. The third-order valence-corrected chi connectivity index (χ3v) is 5.97. The molecule has 0 aromatic heterocycles. The molecule has 0 heterocycles. The Hall–Kier alpha value is -1.60. The number of carbonyl (C=O) groups excluding carboxylic acids is 1. The summed E-state index contributed by atoms with van der Waals surface area (Å²) in [5.74, 6) is 0.412. The van der Waals surface area contributed by atoms with Gasteiger partial charge in [-0.05, 0) is 77.8 Å². The van der Waals surface area contributed by atoms with Crippen LogP contribution in [0.1, 0.15) is 58.4 Å². The predicted octanol–water partition coefficient (Wildman–Crippen LogP) is 4.17. The van der Waals surface area contributed by atoms with Gasteiger partial charge in [-0.15, -0.1) is 0 Å². The highest BCUT2D eigenvalue weighted by Gasteiger charge is 2.25. The van der Waals surface area contributed by atoms with Crippen molar-refractivity contribution >= 4 is 16.2 Å². The van der Waals surface area contributed by atoms with E-state index in [0.717, 1.165) is 31.2 Å². The molecule has 0 bridgehead atoms. The molecule has 0 aliphatic heterocycles. The summed E-state index contributed by atoms with van der Waals surface area (Å²) < 4.78 is 34.8. The van der Waals surface area contributed by atoms with Gasteiger partial charge in [0.25, 0.3) is 10.1 Å². The van der Waals surface area contributed by atoms with Crippen LogP contribution in [0.3, 0.4) is 0 Å². The monoisotopic (exact) mass is 397 g/mol. The molecule has 0 spiro atoms. The van der Waals surface area contributed by atoms with Crippen LogP contribution in [-0.4, -0.2) is 32.8 Å². The van der Waals surface area contributed by atoms with Crippen molar-refractivity contribution in [2.24, 2.45) is 5.92 Å². The standard InChI is InChI=1S/C20H31NO5S/c1-15-5-11-18(12-6-15)27(23,24)25-14-13-16-7-9-17(10-8-16)21-19(22)26-20(2,3)4/h5-6,11-12,16-17H,7-10,13-14H2,1-4H3,(H,21,22). The Balaban J connectivity index is 1.70. The summed E-state index contributed by atoms with van der Waals surface area (Å²) in [6, 6.07) is 6.77. The summed E-state index contributed by atoms with van der Waals surface area (Å²) in [6.07, 6.45) is 3.94. The average Bonchev–Trinajstić information content (AvgIpc) is 2.55. The summed E-state index contributed by atoms with van der Waals surface area (Å²) in [7, 11) is -3.70. The van der Waals surface area contributed by atoms with Crippen LogP contribution in [0, 0.1) is 12.8 Å². The lowest BCUT2D eigenvalue weighted by Gasteiger charge is -2.30. The lowest BCUT2D eigenvalue weighted by atomic mass is 9.84. The second-order valence-corrected chi connectivity index (χ2v) is 9.86. The zero-order valence-corrected chi connectivity index (χ0v) is 17.5. The van der Waals surface area contributed by atoms with E-state index < -0.39 is 15.7 Å². The second-order valence-electron chi connectivity index (χ2n) is 8.24. The maximum atomic E-state index is 12.2. The minimum Gasteiger partial charge on any atom is -0.444 e. The van der Waals surface area contributed by atoms with Gasteiger partial charge in [-0.1, -0.05) is 17.7 Å². The maximum absolute atomic E-state index is 12.2. The largest absolute Gasteiger partial charge is 0.444 e. The van der Waals surface area contributed by atoms with E-state index in [1.54, 1.807) is 24.3 Å².